The molecule has 0 spiro atoms. The largest absolute Gasteiger partial charge is 0.338 e. The zero-order chi connectivity index (χ0) is 8.97. The Morgan fingerprint density at radius 3 is 2.75 bits per heavy atom. The summed E-state index contributed by atoms with van der Waals surface area (Å²) in [7, 11) is 0. The topological polar surface area (TPSA) is 23.6 Å². The van der Waals surface area contributed by atoms with Crippen molar-refractivity contribution in [1.82, 2.24) is 10.0 Å². The van der Waals surface area contributed by atoms with Crippen LogP contribution in [0.1, 0.15) is 6.42 Å². The van der Waals surface area contributed by atoms with E-state index in [-0.39, 0.29) is 5.91 Å². The second kappa shape index (κ2) is 4.21. The van der Waals surface area contributed by atoms with Crippen molar-refractivity contribution in [2.75, 3.05) is 26.2 Å². The number of amides is 1. The van der Waals surface area contributed by atoms with Crippen LogP contribution in [0.15, 0.2) is 12.7 Å². The Morgan fingerprint density at radius 1 is 1.33 bits per heavy atom. The first-order chi connectivity index (χ1) is 5.74. The number of hydrogen-bond acceptors (Lipinski definition) is 2. The molecule has 0 aromatic carbocycles. The van der Waals surface area contributed by atoms with Crippen LogP contribution < -0.4 is 0 Å². The van der Waals surface area contributed by atoms with Gasteiger partial charge in [-0.25, -0.2) is 0 Å². The molecule has 0 atom stereocenters. The van der Waals surface area contributed by atoms with E-state index in [0.717, 1.165) is 5.12 Å². The van der Waals surface area contributed by atoms with E-state index in [4.69, 9.17) is 0 Å². The monoisotopic (exact) mass is 172 g/mol. The molecule has 1 amide bonds. The van der Waals surface area contributed by atoms with E-state index in [1.54, 1.807) is 4.90 Å². The first-order valence-electron chi connectivity index (χ1n) is 4.06. The van der Waals surface area contributed by atoms with Crippen LogP contribution in [0.25, 0.3) is 0 Å². The second-order valence-electron chi connectivity index (χ2n) is 2.79. The van der Waals surface area contributed by atoms with Crippen LogP contribution in [0.5, 0.6) is 0 Å². The summed E-state index contributed by atoms with van der Waals surface area (Å²) in [6, 6.07) is 0. The first kappa shape index (κ1) is 9.19. The lowest BCUT2D eigenvalue weighted by Crippen LogP contribution is -2.32. The van der Waals surface area contributed by atoms with Gasteiger partial charge in [0.1, 0.15) is 0 Å². The fraction of sp³-hybridized carbons (Fsp3) is 0.625. The lowest BCUT2D eigenvalue weighted by molar-refractivity contribution is -0.126. The predicted molar refractivity (Wildman–Crippen MR) is 44.1 cm³/mol. The van der Waals surface area contributed by atoms with Gasteiger partial charge in [-0.2, -0.15) is 0 Å². The highest BCUT2D eigenvalue weighted by molar-refractivity contribution is 5.86. The molecule has 0 aromatic rings. The van der Waals surface area contributed by atoms with E-state index >= 15 is 0 Å². The molecule has 68 valence electrons. The maximum absolute atomic E-state index is 12.7. The van der Waals surface area contributed by atoms with E-state index < -0.39 is 0 Å². The van der Waals surface area contributed by atoms with Crippen molar-refractivity contribution in [2.45, 2.75) is 6.42 Å². The van der Waals surface area contributed by atoms with E-state index in [1.165, 1.54) is 6.08 Å². The summed E-state index contributed by atoms with van der Waals surface area (Å²) in [5.74, 6) is -0.106. The molecule has 0 bridgehead atoms. The van der Waals surface area contributed by atoms with Crippen LogP contribution in [0, 0.1) is 0 Å². The molecule has 0 saturated carbocycles. The smallest absolute Gasteiger partial charge is 0.246 e. The van der Waals surface area contributed by atoms with Gasteiger partial charge in [0.25, 0.3) is 0 Å². The number of hydrogen-bond donors (Lipinski definition) is 0. The lowest BCUT2D eigenvalue weighted by Gasteiger charge is -2.17. The van der Waals surface area contributed by atoms with Crippen molar-refractivity contribution in [3.63, 3.8) is 0 Å². The molecule has 0 unspecified atom stereocenters. The van der Waals surface area contributed by atoms with Gasteiger partial charge in [-0.3, -0.25) is 4.79 Å². The molecule has 12 heavy (non-hydrogen) atoms. The minimum absolute atomic E-state index is 0.106. The van der Waals surface area contributed by atoms with Crippen LogP contribution in [0.4, 0.5) is 4.48 Å². The maximum Gasteiger partial charge on any atom is 0.246 e. The number of nitrogens with zero attached hydrogens (tertiary/aromatic N) is 2. The van der Waals surface area contributed by atoms with Crippen molar-refractivity contribution in [1.29, 1.82) is 0 Å². The lowest BCUT2D eigenvalue weighted by atomic mass is 10.4. The molecule has 1 saturated heterocycles. The molecule has 4 heteroatoms. The van der Waals surface area contributed by atoms with E-state index in [9.17, 15) is 9.28 Å². The Kier molecular flexibility index (Phi) is 3.22. The van der Waals surface area contributed by atoms with Crippen molar-refractivity contribution >= 4 is 5.91 Å². The minimum Gasteiger partial charge on any atom is -0.338 e. The van der Waals surface area contributed by atoms with Gasteiger partial charge in [0.05, 0.1) is 0 Å². The van der Waals surface area contributed by atoms with Crippen molar-refractivity contribution < 1.29 is 9.28 Å². The maximum atomic E-state index is 12.7. The van der Waals surface area contributed by atoms with Crippen LogP contribution in [-0.2, 0) is 4.79 Å². The highest BCUT2D eigenvalue weighted by atomic mass is 19.2. The number of carbonyl (C=O) groups excluding carboxylic acids is 1. The number of rotatable bonds is 1. The third kappa shape index (κ3) is 2.30. The SMILES string of the molecule is C=CC(=O)N1CCCN(F)CC1. The van der Waals surface area contributed by atoms with Gasteiger partial charge in [0.2, 0.25) is 5.91 Å². The van der Waals surface area contributed by atoms with Crippen LogP contribution in [-0.4, -0.2) is 42.1 Å². The second-order valence-corrected chi connectivity index (χ2v) is 2.79. The average Bonchev–Trinajstić information content (AvgIpc) is 2.29. The molecular formula is C8H13FN2O. The minimum atomic E-state index is -0.106. The quantitative estimate of drug-likeness (QED) is 0.427. The highest BCUT2D eigenvalue weighted by Gasteiger charge is 2.16. The Hall–Kier alpha value is -0.900. The molecule has 0 radical (unpaired) electrons. The van der Waals surface area contributed by atoms with Crippen molar-refractivity contribution in [3.8, 4) is 0 Å². The van der Waals surface area contributed by atoms with E-state index in [1.807, 2.05) is 0 Å². The summed E-state index contributed by atoms with van der Waals surface area (Å²) < 4.78 is 12.7. The standard InChI is InChI=1S/C8H13FN2O/c1-2-8(12)10-4-3-5-11(9)7-6-10/h2H,1,3-7H2. The molecule has 3 nitrogen and oxygen atoms in total. The van der Waals surface area contributed by atoms with Gasteiger partial charge < -0.3 is 4.90 Å². The zero-order valence-corrected chi connectivity index (χ0v) is 7.00. The summed E-state index contributed by atoms with van der Waals surface area (Å²) in [6.45, 7) is 5.20. The average molecular weight is 172 g/mol. The normalized spacial score (nSPS) is 20.2. The predicted octanol–water partition coefficient (Wildman–Crippen LogP) is 0.591. The Morgan fingerprint density at radius 2 is 2.08 bits per heavy atom. The molecule has 1 fully saturated rings. The Balaban J connectivity index is 2.45. The fourth-order valence-electron chi connectivity index (χ4n) is 1.24. The molecule has 1 aliphatic heterocycles. The molecule has 1 aliphatic rings. The highest BCUT2D eigenvalue weighted by Crippen LogP contribution is 2.03. The van der Waals surface area contributed by atoms with E-state index in [0.29, 0.717) is 32.6 Å². The molecule has 0 aliphatic carbocycles. The van der Waals surface area contributed by atoms with Crippen molar-refractivity contribution in [2.24, 2.45) is 0 Å². The van der Waals surface area contributed by atoms with Gasteiger partial charge >= 0.3 is 0 Å². The summed E-state index contributed by atoms with van der Waals surface area (Å²) in [5, 5.41) is 0.746. The Labute approximate surface area is 71.4 Å². The molecule has 0 aromatic heterocycles. The summed E-state index contributed by atoms with van der Waals surface area (Å²) >= 11 is 0. The van der Waals surface area contributed by atoms with Gasteiger partial charge in [-0.1, -0.05) is 6.58 Å². The summed E-state index contributed by atoms with van der Waals surface area (Å²) in [5.41, 5.74) is 0. The summed E-state index contributed by atoms with van der Waals surface area (Å²) in [6.07, 6.45) is 1.96. The molecule has 0 N–H and O–H groups in total. The number of carbonyl (C=O) groups is 1. The van der Waals surface area contributed by atoms with Crippen LogP contribution in [0.2, 0.25) is 0 Å². The molecular weight excluding hydrogens is 159 g/mol. The molecule has 1 rings (SSSR count). The van der Waals surface area contributed by atoms with Crippen LogP contribution >= 0.6 is 0 Å². The summed E-state index contributed by atoms with van der Waals surface area (Å²) in [4.78, 5) is 12.7. The number of halogens is 1. The van der Waals surface area contributed by atoms with Gasteiger partial charge in [0, 0.05) is 26.2 Å². The third-order valence-electron chi connectivity index (χ3n) is 1.93. The van der Waals surface area contributed by atoms with Gasteiger partial charge in [0.15, 0.2) is 0 Å². The van der Waals surface area contributed by atoms with E-state index in [2.05, 4.69) is 6.58 Å². The third-order valence-corrected chi connectivity index (χ3v) is 1.93. The fourth-order valence-corrected chi connectivity index (χ4v) is 1.24. The Bertz CT molecular complexity index is 184. The van der Waals surface area contributed by atoms with Crippen molar-refractivity contribution in [3.05, 3.63) is 12.7 Å². The van der Waals surface area contributed by atoms with Gasteiger partial charge in [-0.15, -0.1) is 9.60 Å². The molecule has 1 heterocycles. The van der Waals surface area contributed by atoms with Crippen LogP contribution in [0.3, 0.4) is 0 Å². The first-order valence-corrected chi connectivity index (χ1v) is 4.06. The zero-order valence-electron chi connectivity index (χ0n) is 7.00. The van der Waals surface area contributed by atoms with Gasteiger partial charge in [-0.05, 0) is 12.5 Å².